The maximum atomic E-state index is 5.89. The minimum absolute atomic E-state index is 0.845. The molecule has 0 unspecified atom stereocenters. The van der Waals surface area contributed by atoms with Gasteiger partial charge in [0.05, 0.1) is 0 Å². The molecule has 0 saturated carbocycles. The van der Waals surface area contributed by atoms with E-state index in [2.05, 4.69) is 0 Å². The van der Waals surface area contributed by atoms with Gasteiger partial charge in [-0.25, -0.2) is 0 Å². The van der Waals surface area contributed by atoms with Crippen molar-refractivity contribution in [2.75, 3.05) is 11.5 Å². The first-order chi connectivity index (χ1) is 3.39. The molecule has 0 spiro atoms. The molecule has 0 N–H and O–H groups in total. The number of halogens is 1. The number of hydrogen-bond donors (Lipinski definition) is 0. The van der Waals surface area contributed by atoms with Crippen LogP contribution in [0.5, 0.6) is 0 Å². The zero-order chi connectivity index (χ0) is 5.11. The topological polar surface area (TPSA) is 0 Å². The van der Waals surface area contributed by atoms with Crippen molar-refractivity contribution in [2.24, 2.45) is 0 Å². The molecular formula is C3H6AsClS2. The summed E-state index contributed by atoms with van der Waals surface area (Å²) in [5.41, 5.74) is 0. The zero-order valence-electron chi connectivity index (χ0n) is 3.76. The molecule has 7 heavy (non-hydrogen) atoms. The molecule has 0 bridgehead atoms. The molecule has 1 heterocycles. The third-order valence-electron chi connectivity index (χ3n) is 0.674. The van der Waals surface area contributed by atoms with Crippen LogP contribution in [0.25, 0.3) is 0 Å². The van der Waals surface area contributed by atoms with Gasteiger partial charge in [0.2, 0.25) is 0 Å². The van der Waals surface area contributed by atoms with Gasteiger partial charge in [0.15, 0.2) is 0 Å². The fraction of sp³-hybridized carbons (Fsp3) is 1.00. The molecular weight excluding hydrogens is 211 g/mol. The van der Waals surface area contributed by atoms with Crippen LogP contribution < -0.4 is 0 Å². The summed E-state index contributed by atoms with van der Waals surface area (Å²) >= 11 is -0.845. The first-order valence-corrected chi connectivity index (χ1v) is 11.1. The minimum atomic E-state index is -0.845. The zero-order valence-corrected chi connectivity index (χ0v) is 8.03. The number of hydrogen-bond acceptors (Lipinski definition) is 2. The second-order valence-electron chi connectivity index (χ2n) is 1.23. The third-order valence-corrected chi connectivity index (χ3v) is 13.2. The quantitative estimate of drug-likeness (QED) is 0.569. The first-order valence-electron chi connectivity index (χ1n) is 2.11. The Bertz CT molecular complexity index is 54.9. The molecule has 0 amide bonds. The van der Waals surface area contributed by atoms with Crippen LogP contribution >= 0.6 is 30.0 Å². The molecule has 0 atom stereocenters. The average Bonchev–Trinajstić information content (AvgIpc) is 1.69. The number of rotatable bonds is 0. The van der Waals surface area contributed by atoms with Crippen molar-refractivity contribution >= 4 is 41.4 Å². The van der Waals surface area contributed by atoms with E-state index in [4.69, 9.17) is 9.95 Å². The molecule has 0 aromatic heterocycles. The van der Waals surface area contributed by atoms with Crippen molar-refractivity contribution in [3.8, 4) is 0 Å². The van der Waals surface area contributed by atoms with Crippen LogP contribution in [-0.2, 0) is 0 Å². The van der Waals surface area contributed by atoms with Crippen LogP contribution in [-0.4, -0.2) is 22.9 Å². The Morgan fingerprint density at radius 3 is 2.14 bits per heavy atom. The van der Waals surface area contributed by atoms with Gasteiger partial charge in [0.25, 0.3) is 0 Å². The summed E-state index contributed by atoms with van der Waals surface area (Å²) in [6, 6.07) is 0. The second-order valence-corrected chi connectivity index (χ2v) is 15.5. The summed E-state index contributed by atoms with van der Waals surface area (Å²) in [6.07, 6.45) is 1.37. The molecule has 1 aliphatic rings. The molecule has 1 rings (SSSR count). The first kappa shape index (κ1) is 6.67. The van der Waals surface area contributed by atoms with E-state index in [9.17, 15) is 0 Å². The fourth-order valence-corrected chi connectivity index (χ4v) is 11.0. The van der Waals surface area contributed by atoms with E-state index < -0.39 is 11.4 Å². The Hall–Kier alpha value is 1.55. The van der Waals surface area contributed by atoms with Crippen LogP contribution in [0.15, 0.2) is 0 Å². The van der Waals surface area contributed by atoms with Gasteiger partial charge in [-0.05, 0) is 0 Å². The molecule has 4 heteroatoms. The van der Waals surface area contributed by atoms with Gasteiger partial charge in [-0.1, -0.05) is 0 Å². The van der Waals surface area contributed by atoms with Crippen LogP contribution in [0.2, 0.25) is 0 Å². The molecule has 42 valence electrons. The van der Waals surface area contributed by atoms with Gasteiger partial charge in [0, 0.05) is 0 Å². The van der Waals surface area contributed by atoms with Crippen LogP contribution in [0.1, 0.15) is 6.42 Å². The molecule has 0 aromatic carbocycles. The van der Waals surface area contributed by atoms with Gasteiger partial charge < -0.3 is 0 Å². The standard InChI is InChI=1S/C3H6AsClS2/c5-4-6-2-1-3-7-4/h1-3H2. The summed E-state index contributed by atoms with van der Waals surface area (Å²) in [4.78, 5) is 0. The average molecular weight is 217 g/mol. The summed E-state index contributed by atoms with van der Waals surface area (Å²) in [6.45, 7) is 0. The Balaban J connectivity index is 2.12. The van der Waals surface area contributed by atoms with Crippen LogP contribution in [0, 0.1) is 0 Å². The maximum absolute atomic E-state index is 5.89. The summed E-state index contributed by atoms with van der Waals surface area (Å²) in [5.74, 6) is 2.63. The van der Waals surface area contributed by atoms with Gasteiger partial charge in [-0.15, -0.1) is 0 Å². The molecule has 0 aliphatic carbocycles. The Morgan fingerprint density at radius 2 is 1.86 bits per heavy atom. The van der Waals surface area contributed by atoms with E-state index in [1.54, 1.807) is 0 Å². The summed E-state index contributed by atoms with van der Waals surface area (Å²) in [5, 5.41) is 0. The van der Waals surface area contributed by atoms with Crippen molar-refractivity contribution in [3.05, 3.63) is 0 Å². The SMILES string of the molecule is Cl[As]1SCCCS1. The molecule has 1 saturated heterocycles. The van der Waals surface area contributed by atoms with Crippen LogP contribution in [0.4, 0.5) is 0 Å². The summed E-state index contributed by atoms with van der Waals surface area (Å²) in [7, 11) is 9.87. The van der Waals surface area contributed by atoms with Crippen molar-refractivity contribution in [1.82, 2.24) is 0 Å². The normalized spacial score (nSPS) is 25.3. The van der Waals surface area contributed by atoms with Gasteiger partial charge in [-0.2, -0.15) is 0 Å². The van der Waals surface area contributed by atoms with E-state index >= 15 is 0 Å². The van der Waals surface area contributed by atoms with Crippen molar-refractivity contribution in [1.29, 1.82) is 0 Å². The van der Waals surface area contributed by atoms with Crippen LogP contribution in [0.3, 0.4) is 0 Å². The van der Waals surface area contributed by atoms with E-state index in [0.29, 0.717) is 0 Å². The molecule has 0 aromatic rings. The molecule has 1 aliphatic heterocycles. The predicted molar refractivity (Wildman–Crippen MR) is 41.1 cm³/mol. The second kappa shape index (κ2) is 3.55. The molecule has 1 fully saturated rings. The van der Waals surface area contributed by atoms with E-state index in [-0.39, 0.29) is 0 Å². The van der Waals surface area contributed by atoms with E-state index in [1.165, 1.54) is 17.9 Å². The van der Waals surface area contributed by atoms with E-state index in [0.717, 1.165) is 0 Å². The van der Waals surface area contributed by atoms with E-state index in [1.807, 2.05) is 20.0 Å². The van der Waals surface area contributed by atoms with Gasteiger partial charge in [0.1, 0.15) is 0 Å². The molecule has 0 radical (unpaired) electrons. The van der Waals surface area contributed by atoms with Gasteiger partial charge >= 0.3 is 59.3 Å². The Morgan fingerprint density at radius 1 is 1.29 bits per heavy atom. The van der Waals surface area contributed by atoms with Crippen molar-refractivity contribution < 1.29 is 0 Å². The summed E-state index contributed by atoms with van der Waals surface area (Å²) < 4.78 is 0. The molecule has 0 nitrogen and oxygen atoms in total. The monoisotopic (exact) mass is 216 g/mol. The van der Waals surface area contributed by atoms with Crippen molar-refractivity contribution in [2.45, 2.75) is 6.42 Å². The fourth-order valence-electron chi connectivity index (χ4n) is 0.369. The third kappa shape index (κ3) is 2.55. The Kier molecular flexibility index (Phi) is 3.38. The predicted octanol–water partition coefficient (Wildman–Crippen LogP) is 2.08. The van der Waals surface area contributed by atoms with Crippen molar-refractivity contribution in [3.63, 3.8) is 0 Å². The van der Waals surface area contributed by atoms with Gasteiger partial charge in [-0.3, -0.25) is 0 Å². The Labute approximate surface area is 59.1 Å².